The van der Waals surface area contributed by atoms with E-state index in [2.05, 4.69) is 54.8 Å². The second-order valence-electron chi connectivity index (χ2n) is 15.9. The minimum atomic E-state index is -4.27. The Bertz CT molecular complexity index is 1030. The molecule has 57 heavy (non-hydrogen) atoms. The van der Waals surface area contributed by atoms with Crippen LogP contribution in [0.1, 0.15) is 232 Å². The Morgan fingerprint density at radius 2 is 0.842 bits per heavy atom. The van der Waals surface area contributed by atoms with Crippen LogP contribution in [0.25, 0.3) is 0 Å². The Balaban J connectivity index is 3.94. The van der Waals surface area contributed by atoms with Crippen molar-refractivity contribution in [1.82, 2.24) is 0 Å². The number of hydrogen-bond donors (Lipinski definition) is 1. The third-order valence-corrected chi connectivity index (χ3v) is 11.3. The van der Waals surface area contributed by atoms with Gasteiger partial charge in [0.15, 0.2) is 6.10 Å². The van der Waals surface area contributed by atoms with Gasteiger partial charge >= 0.3 is 19.8 Å². The second-order valence-corrected chi connectivity index (χ2v) is 17.4. The Morgan fingerprint density at radius 3 is 1.28 bits per heavy atom. The summed E-state index contributed by atoms with van der Waals surface area (Å²) in [5.41, 5.74) is 0. The van der Waals surface area contributed by atoms with Crippen LogP contribution in [0.4, 0.5) is 0 Å². The Morgan fingerprint density at radius 1 is 0.491 bits per heavy atom. The molecule has 2 atom stereocenters. The zero-order chi connectivity index (χ0) is 41.8. The molecular weight excluding hydrogens is 735 g/mol. The van der Waals surface area contributed by atoms with Gasteiger partial charge in [-0.2, -0.15) is 0 Å². The highest BCUT2D eigenvalue weighted by molar-refractivity contribution is 7.47. The molecule has 0 spiro atoms. The molecule has 0 saturated heterocycles. The average molecular weight is 825 g/mol. The second kappa shape index (κ2) is 43.8. The van der Waals surface area contributed by atoms with Crippen molar-refractivity contribution >= 4 is 19.8 Å². The molecule has 0 aromatic carbocycles. The zero-order valence-electron chi connectivity index (χ0n) is 37.2. The maximum Gasteiger partial charge on any atom is 0.472 e. The fraction of sp³-hybridized carbons (Fsp3) is 0.833. The van der Waals surface area contributed by atoms with E-state index >= 15 is 0 Å². The van der Waals surface area contributed by atoms with Crippen LogP contribution in [-0.2, 0) is 32.7 Å². The van der Waals surface area contributed by atoms with Crippen molar-refractivity contribution in [2.45, 2.75) is 238 Å². The molecule has 0 amide bonds. The van der Waals surface area contributed by atoms with Gasteiger partial charge in [-0.05, 0) is 70.6 Å². The van der Waals surface area contributed by atoms with Gasteiger partial charge in [0.05, 0.1) is 6.61 Å². The van der Waals surface area contributed by atoms with Gasteiger partial charge < -0.3 is 14.4 Å². The highest BCUT2D eigenvalue weighted by Gasteiger charge is 2.24. The average Bonchev–Trinajstić information content (AvgIpc) is 3.20. The molecule has 334 valence electrons. The largest absolute Gasteiger partial charge is 0.472 e. The Kier molecular flexibility index (Phi) is 42.5. The molecule has 0 rings (SSSR count). The number of allylic oxidation sites excluding steroid dienone is 6. The predicted octanol–water partition coefficient (Wildman–Crippen LogP) is 15.2. The standard InChI is InChI=1S/C48H89O8P/c1-4-6-8-10-12-14-16-18-20-22-24-26-28-30-32-34-36-38-40-42-47(49)54-44-46(45-55-57(51,52)53-3)56-48(50)43-41-39-37-35-33-31-29-27-25-23-21-19-17-15-13-11-9-7-5-2/h13,15,18-21,46H,4-12,14,16-17,22-45H2,1-3H3,(H,51,52)/b15-13-,20-18-,21-19-. The number of esters is 2. The summed E-state index contributed by atoms with van der Waals surface area (Å²) in [5.74, 6) is -0.804. The minimum Gasteiger partial charge on any atom is -0.462 e. The fourth-order valence-corrected chi connectivity index (χ4v) is 7.14. The topological polar surface area (TPSA) is 108 Å². The first-order valence-electron chi connectivity index (χ1n) is 23.7. The third kappa shape index (κ3) is 43.7. The highest BCUT2D eigenvalue weighted by atomic mass is 31.2. The van der Waals surface area contributed by atoms with E-state index in [9.17, 15) is 19.0 Å². The first-order valence-corrected chi connectivity index (χ1v) is 25.2. The summed E-state index contributed by atoms with van der Waals surface area (Å²) in [5, 5.41) is 0. The van der Waals surface area contributed by atoms with Gasteiger partial charge in [0.1, 0.15) is 6.61 Å². The minimum absolute atomic E-state index is 0.226. The summed E-state index contributed by atoms with van der Waals surface area (Å²) >= 11 is 0. The van der Waals surface area contributed by atoms with E-state index in [1.807, 2.05) is 0 Å². The van der Waals surface area contributed by atoms with Crippen molar-refractivity contribution in [1.29, 1.82) is 0 Å². The summed E-state index contributed by atoms with van der Waals surface area (Å²) in [6, 6.07) is 0. The van der Waals surface area contributed by atoms with Crippen LogP contribution >= 0.6 is 7.82 Å². The van der Waals surface area contributed by atoms with Crippen molar-refractivity contribution in [2.24, 2.45) is 0 Å². The molecule has 8 nitrogen and oxygen atoms in total. The lowest BCUT2D eigenvalue weighted by molar-refractivity contribution is -0.161. The van der Waals surface area contributed by atoms with Crippen LogP contribution < -0.4 is 0 Å². The molecule has 0 aromatic heterocycles. The number of unbranched alkanes of at least 4 members (excludes halogenated alkanes) is 27. The zero-order valence-corrected chi connectivity index (χ0v) is 38.1. The van der Waals surface area contributed by atoms with Crippen LogP contribution in [0.15, 0.2) is 36.5 Å². The van der Waals surface area contributed by atoms with Crippen molar-refractivity contribution in [3.8, 4) is 0 Å². The summed E-state index contributed by atoms with van der Waals surface area (Å²) in [7, 11) is -3.20. The van der Waals surface area contributed by atoms with E-state index in [0.717, 1.165) is 52.1 Å². The molecule has 0 aliphatic heterocycles. The molecule has 9 heteroatoms. The maximum absolute atomic E-state index is 12.5. The molecular formula is C48H89O8P. The molecule has 0 saturated carbocycles. The number of ether oxygens (including phenoxy) is 2. The van der Waals surface area contributed by atoms with Crippen LogP contribution in [0.2, 0.25) is 0 Å². The highest BCUT2D eigenvalue weighted by Crippen LogP contribution is 2.42. The number of carbonyl (C=O) groups excluding carboxylic acids is 2. The molecule has 0 bridgehead atoms. The molecule has 0 aliphatic carbocycles. The van der Waals surface area contributed by atoms with Gasteiger partial charge in [-0.25, -0.2) is 4.57 Å². The molecule has 0 fully saturated rings. The molecule has 2 unspecified atom stereocenters. The summed E-state index contributed by atoms with van der Waals surface area (Å²) in [4.78, 5) is 34.6. The lowest BCUT2D eigenvalue weighted by atomic mass is 10.1. The molecule has 0 aliphatic rings. The van der Waals surface area contributed by atoms with Gasteiger partial charge in [-0.15, -0.1) is 0 Å². The quantitative estimate of drug-likeness (QED) is 0.0280. The van der Waals surface area contributed by atoms with Crippen molar-refractivity contribution in [2.75, 3.05) is 20.3 Å². The first kappa shape index (κ1) is 55.3. The van der Waals surface area contributed by atoms with Crippen LogP contribution in [0, 0.1) is 0 Å². The molecule has 0 radical (unpaired) electrons. The van der Waals surface area contributed by atoms with Crippen LogP contribution in [0.5, 0.6) is 0 Å². The Hall–Kier alpha value is -1.73. The van der Waals surface area contributed by atoms with E-state index in [1.54, 1.807) is 0 Å². The van der Waals surface area contributed by atoms with Crippen molar-refractivity contribution < 1.29 is 37.6 Å². The van der Waals surface area contributed by atoms with Gasteiger partial charge in [0, 0.05) is 20.0 Å². The smallest absolute Gasteiger partial charge is 0.462 e. The third-order valence-electron chi connectivity index (χ3n) is 10.4. The predicted molar refractivity (Wildman–Crippen MR) is 239 cm³/mol. The van der Waals surface area contributed by atoms with E-state index < -0.39 is 26.5 Å². The lowest BCUT2D eigenvalue weighted by Gasteiger charge is -2.19. The van der Waals surface area contributed by atoms with E-state index in [1.165, 1.54) is 154 Å². The lowest BCUT2D eigenvalue weighted by Crippen LogP contribution is -2.29. The number of hydrogen-bond acceptors (Lipinski definition) is 7. The van der Waals surface area contributed by atoms with E-state index in [4.69, 9.17) is 14.0 Å². The Labute approximate surface area is 351 Å². The van der Waals surface area contributed by atoms with Crippen LogP contribution in [-0.4, -0.2) is 43.3 Å². The van der Waals surface area contributed by atoms with Gasteiger partial charge in [-0.1, -0.05) is 185 Å². The number of carbonyl (C=O) groups is 2. The molecule has 0 heterocycles. The molecule has 0 aromatic rings. The van der Waals surface area contributed by atoms with E-state index in [0.29, 0.717) is 12.8 Å². The number of rotatable bonds is 44. The maximum atomic E-state index is 12.5. The summed E-state index contributed by atoms with van der Waals surface area (Å²) in [6.45, 7) is 3.88. The monoisotopic (exact) mass is 825 g/mol. The van der Waals surface area contributed by atoms with Gasteiger partial charge in [0.25, 0.3) is 0 Å². The SMILES string of the molecule is CCCCC/C=C\C/C=C\CCCCCCCCCCCC(=O)OC(COC(=O)CCCCCCCCCCC/C=C\CCCCCCCC)COP(=O)(O)OC. The number of phosphoric ester groups is 1. The van der Waals surface area contributed by atoms with Crippen molar-refractivity contribution in [3.63, 3.8) is 0 Å². The normalized spacial score (nSPS) is 13.5. The fourth-order valence-electron chi connectivity index (χ4n) is 6.68. The molecule has 1 N–H and O–H groups in total. The first-order chi connectivity index (χ1) is 27.8. The van der Waals surface area contributed by atoms with Crippen LogP contribution in [0.3, 0.4) is 0 Å². The van der Waals surface area contributed by atoms with Gasteiger partial charge in [0.2, 0.25) is 0 Å². The van der Waals surface area contributed by atoms with Crippen molar-refractivity contribution in [3.05, 3.63) is 36.5 Å². The number of phosphoric acid groups is 1. The van der Waals surface area contributed by atoms with E-state index in [-0.39, 0.29) is 19.0 Å². The summed E-state index contributed by atoms with van der Waals surface area (Å²) in [6.07, 6.45) is 51.9. The summed E-state index contributed by atoms with van der Waals surface area (Å²) < 4.78 is 32.1. The van der Waals surface area contributed by atoms with Gasteiger partial charge in [-0.3, -0.25) is 18.6 Å².